The Labute approximate surface area is 150 Å². The summed E-state index contributed by atoms with van der Waals surface area (Å²) >= 11 is 0. The van der Waals surface area contributed by atoms with Crippen LogP contribution >= 0.6 is 0 Å². The lowest BCUT2D eigenvalue weighted by atomic mass is 9.74. The zero-order chi connectivity index (χ0) is 17.3. The van der Waals surface area contributed by atoms with Gasteiger partial charge in [-0.3, -0.25) is 4.79 Å². The highest BCUT2D eigenvalue weighted by atomic mass is 16.5. The number of likely N-dealkylation sites (tertiary alicyclic amines) is 1. The molecule has 1 N–H and O–H groups in total. The largest absolute Gasteiger partial charge is 0.497 e. The number of hydrogen-bond acceptors (Lipinski definition) is 3. The van der Waals surface area contributed by atoms with E-state index in [1.54, 1.807) is 7.11 Å². The molecule has 1 aromatic carbocycles. The molecule has 2 saturated heterocycles. The number of amides is 1. The second-order valence-electron chi connectivity index (χ2n) is 8.24. The van der Waals surface area contributed by atoms with E-state index in [0.29, 0.717) is 11.3 Å². The van der Waals surface area contributed by atoms with Crippen molar-refractivity contribution < 1.29 is 9.53 Å². The van der Waals surface area contributed by atoms with Crippen molar-refractivity contribution in [3.05, 3.63) is 29.8 Å². The third-order valence-electron chi connectivity index (χ3n) is 6.93. The van der Waals surface area contributed by atoms with E-state index < -0.39 is 0 Å². The molecule has 4 nitrogen and oxygen atoms in total. The molecular weight excluding hydrogens is 312 g/mol. The quantitative estimate of drug-likeness (QED) is 0.918. The minimum Gasteiger partial charge on any atom is -0.497 e. The Morgan fingerprint density at radius 1 is 1.12 bits per heavy atom. The van der Waals surface area contributed by atoms with E-state index in [9.17, 15) is 4.79 Å². The van der Waals surface area contributed by atoms with Crippen LogP contribution in [-0.2, 0) is 10.2 Å². The lowest BCUT2D eigenvalue weighted by Crippen LogP contribution is -2.51. The molecule has 1 aromatic rings. The highest BCUT2D eigenvalue weighted by Crippen LogP contribution is 2.45. The molecule has 1 spiro atoms. The first kappa shape index (κ1) is 16.9. The second-order valence-corrected chi connectivity index (χ2v) is 8.24. The molecule has 0 bridgehead atoms. The van der Waals surface area contributed by atoms with Crippen LogP contribution in [0.15, 0.2) is 24.3 Å². The lowest BCUT2D eigenvalue weighted by Gasteiger charge is -2.42. The normalized spacial score (nSPS) is 24.6. The summed E-state index contributed by atoms with van der Waals surface area (Å²) in [5, 5.41) is 3.51. The van der Waals surface area contributed by atoms with Crippen molar-refractivity contribution in [2.45, 2.75) is 50.4 Å². The summed E-state index contributed by atoms with van der Waals surface area (Å²) in [6.45, 7) is 4.12. The average molecular weight is 342 g/mol. The second kappa shape index (κ2) is 6.64. The molecule has 25 heavy (non-hydrogen) atoms. The molecule has 3 fully saturated rings. The molecule has 0 unspecified atom stereocenters. The Hall–Kier alpha value is -1.55. The first-order valence-corrected chi connectivity index (χ1v) is 9.82. The number of benzene rings is 1. The Morgan fingerprint density at radius 2 is 1.88 bits per heavy atom. The third-order valence-corrected chi connectivity index (χ3v) is 6.93. The van der Waals surface area contributed by atoms with Crippen LogP contribution in [0.1, 0.15) is 50.5 Å². The molecule has 0 aromatic heterocycles. The predicted molar refractivity (Wildman–Crippen MR) is 98.9 cm³/mol. The van der Waals surface area contributed by atoms with Gasteiger partial charge >= 0.3 is 0 Å². The van der Waals surface area contributed by atoms with Gasteiger partial charge in [0.1, 0.15) is 5.75 Å². The molecule has 1 aliphatic carbocycles. The molecule has 1 amide bonds. The molecule has 4 heteroatoms. The van der Waals surface area contributed by atoms with Crippen molar-refractivity contribution in [3.63, 3.8) is 0 Å². The molecular formula is C21H30N2O2. The predicted octanol–water partition coefficient (Wildman–Crippen LogP) is 3.11. The first-order valence-electron chi connectivity index (χ1n) is 9.82. The van der Waals surface area contributed by atoms with Crippen LogP contribution in [0.2, 0.25) is 0 Å². The molecule has 4 rings (SSSR count). The summed E-state index contributed by atoms with van der Waals surface area (Å²) in [7, 11) is 1.70. The summed E-state index contributed by atoms with van der Waals surface area (Å²) in [6.07, 6.45) is 7.82. The van der Waals surface area contributed by atoms with Crippen molar-refractivity contribution in [2.75, 3.05) is 33.3 Å². The number of carbonyl (C=O) groups is 1. The number of hydrogen-bond donors (Lipinski definition) is 1. The number of carbonyl (C=O) groups excluding carboxylic acids is 1. The minimum absolute atomic E-state index is 0.326. The van der Waals surface area contributed by atoms with E-state index in [4.69, 9.17) is 4.74 Å². The van der Waals surface area contributed by atoms with E-state index in [1.807, 2.05) is 12.1 Å². The van der Waals surface area contributed by atoms with Crippen molar-refractivity contribution in [3.8, 4) is 5.75 Å². The van der Waals surface area contributed by atoms with Crippen LogP contribution in [0.5, 0.6) is 5.75 Å². The molecule has 2 heterocycles. The van der Waals surface area contributed by atoms with Crippen LogP contribution in [0.25, 0.3) is 0 Å². The van der Waals surface area contributed by atoms with Crippen molar-refractivity contribution in [1.29, 1.82) is 0 Å². The van der Waals surface area contributed by atoms with Crippen molar-refractivity contribution >= 4 is 5.91 Å². The van der Waals surface area contributed by atoms with Gasteiger partial charge in [-0.1, -0.05) is 25.0 Å². The molecule has 0 radical (unpaired) electrons. The fourth-order valence-corrected chi connectivity index (χ4v) is 5.23. The van der Waals surface area contributed by atoms with E-state index in [0.717, 1.165) is 76.0 Å². The van der Waals surface area contributed by atoms with Crippen LogP contribution in [0.3, 0.4) is 0 Å². The van der Waals surface area contributed by atoms with E-state index in [1.165, 1.54) is 6.42 Å². The van der Waals surface area contributed by atoms with E-state index in [-0.39, 0.29) is 5.41 Å². The fourth-order valence-electron chi connectivity index (χ4n) is 5.23. The monoisotopic (exact) mass is 342 g/mol. The zero-order valence-electron chi connectivity index (χ0n) is 15.4. The van der Waals surface area contributed by atoms with Crippen LogP contribution in [0.4, 0.5) is 0 Å². The Kier molecular flexibility index (Phi) is 4.48. The number of ether oxygens (including phenoxy) is 1. The van der Waals surface area contributed by atoms with Gasteiger partial charge in [0, 0.05) is 19.6 Å². The highest BCUT2D eigenvalue weighted by Gasteiger charge is 2.47. The fraction of sp³-hybridized carbons (Fsp3) is 0.667. The maximum absolute atomic E-state index is 13.6. The van der Waals surface area contributed by atoms with Gasteiger partial charge in [0.2, 0.25) is 5.91 Å². The Balaban J connectivity index is 1.55. The Bertz CT molecular complexity index is 621. The van der Waals surface area contributed by atoms with Crippen LogP contribution in [0, 0.1) is 5.41 Å². The van der Waals surface area contributed by atoms with Crippen LogP contribution in [-0.4, -0.2) is 44.1 Å². The van der Waals surface area contributed by atoms with Gasteiger partial charge in [0.25, 0.3) is 0 Å². The minimum atomic E-state index is -0.326. The highest BCUT2D eigenvalue weighted by molar-refractivity contribution is 5.89. The van der Waals surface area contributed by atoms with Crippen molar-refractivity contribution in [1.82, 2.24) is 10.2 Å². The maximum Gasteiger partial charge on any atom is 0.233 e. The number of nitrogens with one attached hydrogen (secondary N) is 1. The maximum atomic E-state index is 13.6. The lowest BCUT2D eigenvalue weighted by molar-refractivity contribution is -0.139. The van der Waals surface area contributed by atoms with Crippen LogP contribution < -0.4 is 10.1 Å². The molecule has 1 saturated carbocycles. The van der Waals surface area contributed by atoms with Gasteiger partial charge in [0.05, 0.1) is 12.5 Å². The Morgan fingerprint density at radius 3 is 2.52 bits per heavy atom. The summed E-state index contributed by atoms with van der Waals surface area (Å²) < 4.78 is 5.42. The van der Waals surface area contributed by atoms with Gasteiger partial charge in [-0.25, -0.2) is 0 Å². The van der Waals surface area contributed by atoms with E-state index in [2.05, 4.69) is 22.3 Å². The summed E-state index contributed by atoms with van der Waals surface area (Å²) in [4.78, 5) is 15.8. The molecule has 3 aliphatic rings. The third kappa shape index (κ3) is 2.95. The summed E-state index contributed by atoms with van der Waals surface area (Å²) in [5.74, 6) is 1.21. The molecule has 0 atom stereocenters. The summed E-state index contributed by atoms with van der Waals surface area (Å²) in [6, 6.07) is 8.19. The van der Waals surface area contributed by atoms with Gasteiger partial charge in [-0.2, -0.15) is 0 Å². The standard InChI is InChI=1S/C21H30N2O2/c1-25-18-6-4-5-17(15-18)21(7-2-3-8-21)19(24)23-13-10-20(11-14-23)9-12-22-16-20/h4-6,15,22H,2-3,7-14,16H2,1H3. The number of methoxy groups -OCH3 is 1. The topological polar surface area (TPSA) is 41.6 Å². The van der Waals surface area contributed by atoms with E-state index >= 15 is 0 Å². The molecule has 2 aliphatic heterocycles. The smallest absolute Gasteiger partial charge is 0.233 e. The number of nitrogens with zero attached hydrogens (tertiary/aromatic N) is 1. The number of rotatable bonds is 3. The zero-order valence-corrected chi connectivity index (χ0v) is 15.4. The van der Waals surface area contributed by atoms with Gasteiger partial charge in [0.15, 0.2) is 0 Å². The molecule has 136 valence electrons. The number of piperidine rings is 1. The van der Waals surface area contributed by atoms with Gasteiger partial charge < -0.3 is 15.0 Å². The summed E-state index contributed by atoms with van der Waals surface area (Å²) in [5.41, 5.74) is 1.28. The van der Waals surface area contributed by atoms with Gasteiger partial charge in [-0.05, 0) is 61.8 Å². The first-order chi connectivity index (χ1) is 12.2. The van der Waals surface area contributed by atoms with Crippen molar-refractivity contribution in [2.24, 2.45) is 5.41 Å². The van der Waals surface area contributed by atoms with Gasteiger partial charge in [-0.15, -0.1) is 0 Å². The average Bonchev–Trinajstić information content (AvgIpc) is 3.33. The SMILES string of the molecule is COc1cccc(C2(C(=O)N3CCC4(CCNC4)CC3)CCCC2)c1.